The molecule has 6 aromatic carbocycles. The van der Waals surface area contributed by atoms with Gasteiger partial charge in [-0.2, -0.15) is 0 Å². The zero-order valence-corrected chi connectivity index (χ0v) is 31.6. The molecular weight excluding hydrogens is 961 g/mol. The van der Waals surface area contributed by atoms with Gasteiger partial charge in [0.2, 0.25) is 0 Å². The number of pyridine rings is 2. The number of hydrogen-bond donors (Lipinski definition) is 1. The van der Waals surface area contributed by atoms with Crippen LogP contribution in [-0.4, -0.2) is 20.9 Å². The molecule has 1 N–H and O–H groups in total. The first-order valence-corrected chi connectivity index (χ1v) is 15.3. The number of carbonyl (C=O) groups excluding carboxylic acids is 1. The van der Waals surface area contributed by atoms with Gasteiger partial charge in [0, 0.05) is 46.3 Å². The Morgan fingerprint density at radius 2 is 0.898 bits per heavy atom. The summed E-state index contributed by atoms with van der Waals surface area (Å²) < 4.78 is 0. The monoisotopic (exact) mass is 994 g/mol. The van der Waals surface area contributed by atoms with Gasteiger partial charge in [0.05, 0.1) is 16.8 Å². The predicted molar refractivity (Wildman–Crippen MR) is 194 cm³/mol. The van der Waals surface area contributed by atoms with E-state index in [0.29, 0.717) is 0 Å². The van der Waals surface area contributed by atoms with Crippen LogP contribution in [0, 0.1) is 12.1 Å². The summed E-state index contributed by atoms with van der Waals surface area (Å²) in [5, 5.41) is 15.5. The second-order valence-electron chi connectivity index (χ2n) is 11.1. The van der Waals surface area contributed by atoms with Gasteiger partial charge in [-0.1, -0.05) is 120 Å². The molecule has 0 spiro atoms. The van der Waals surface area contributed by atoms with Gasteiger partial charge in [0.1, 0.15) is 0 Å². The second-order valence-corrected chi connectivity index (χ2v) is 11.1. The number of rotatable bonds is 3. The van der Waals surface area contributed by atoms with E-state index in [-0.39, 0.29) is 51.8 Å². The first-order chi connectivity index (χ1) is 22.9. The van der Waals surface area contributed by atoms with Crippen LogP contribution in [0.4, 0.5) is 0 Å². The van der Waals surface area contributed by atoms with Crippen LogP contribution in [0.2, 0.25) is 0 Å². The van der Waals surface area contributed by atoms with Crippen LogP contribution in [0.25, 0.3) is 65.9 Å². The molecule has 2 heterocycles. The van der Waals surface area contributed by atoms with Crippen molar-refractivity contribution in [3.05, 3.63) is 170 Å². The Morgan fingerprint density at radius 3 is 1.27 bits per heavy atom. The zero-order chi connectivity index (χ0) is 32.6. The van der Waals surface area contributed by atoms with E-state index in [9.17, 15) is 4.79 Å². The molecule has 0 saturated carbocycles. The minimum atomic E-state index is -0.125. The van der Waals surface area contributed by atoms with Gasteiger partial charge in [-0.05, 0) is 48.1 Å². The van der Waals surface area contributed by atoms with Crippen molar-refractivity contribution in [3.8, 4) is 22.5 Å². The van der Waals surface area contributed by atoms with Crippen molar-refractivity contribution in [2.75, 3.05) is 0 Å². The minimum Gasteiger partial charge on any atom is -0.512 e. The molecule has 246 valence electrons. The first-order valence-electron chi connectivity index (χ1n) is 15.3. The van der Waals surface area contributed by atoms with Gasteiger partial charge in [-0.3, -0.25) is 14.8 Å². The number of aliphatic hydroxyl groups excluding tert-OH is 1. The number of carbonyl (C=O) groups is 1. The van der Waals surface area contributed by atoms with Crippen LogP contribution in [0.5, 0.6) is 0 Å². The van der Waals surface area contributed by atoms with E-state index >= 15 is 0 Å². The summed E-state index contributed by atoms with van der Waals surface area (Å²) in [5.74, 6) is -0.0625. The summed E-state index contributed by atoms with van der Waals surface area (Å²) in [5.41, 5.74) is 6.05. The number of allylic oxidation sites excluding steroid dienone is 2. The van der Waals surface area contributed by atoms with Crippen LogP contribution in [-0.2, 0) is 45.0 Å². The molecule has 2 radical (unpaired) electrons. The van der Waals surface area contributed by atoms with Crippen molar-refractivity contribution in [2.24, 2.45) is 0 Å². The van der Waals surface area contributed by atoms with Gasteiger partial charge in [-0.15, -0.1) is 58.3 Å². The number of ketones is 1. The molecule has 0 amide bonds. The molecule has 6 heteroatoms. The minimum absolute atomic E-state index is 0. The normalized spacial score (nSPS) is 10.6. The summed E-state index contributed by atoms with van der Waals surface area (Å²) in [6.07, 6.45) is 1.17. The SMILES string of the molecule is CC(=O)C=C(C)O.[Ir].[Ir].[c-]1cc2ccccc2cc1-c1ccc2ccccc2n1.[c-]1cc2ccccc2cc1-c1ccc2ccccc2n1. The number of para-hydroxylation sites is 2. The molecule has 0 aliphatic rings. The van der Waals surface area contributed by atoms with E-state index in [1.54, 1.807) is 0 Å². The van der Waals surface area contributed by atoms with Gasteiger partial charge >= 0.3 is 0 Å². The van der Waals surface area contributed by atoms with Crippen LogP contribution in [0.15, 0.2) is 157 Å². The molecule has 49 heavy (non-hydrogen) atoms. The third kappa shape index (κ3) is 9.63. The Morgan fingerprint density at radius 1 is 0.531 bits per heavy atom. The van der Waals surface area contributed by atoms with Crippen molar-refractivity contribution in [1.29, 1.82) is 0 Å². The van der Waals surface area contributed by atoms with Crippen molar-refractivity contribution in [2.45, 2.75) is 13.8 Å². The van der Waals surface area contributed by atoms with Gasteiger partial charge < -0.3 is 5.11 Å². The summed E-state index contributed by atoms with van der Waals surface area (Å²) in [4.78, 5) is 19.5. The van der Waals surface area contributed by atoms with Crippen molar-refractivity contribution in [3.63, 3.8) is 0 Å². The number of aromatic nitrogens is 2. The number of benzene rings is 6. The zero-order valence-electron chi connectivity index (χ0n) is 26.9. The second kappa shape index (κ2) is 17.5. The van der Waals surface area contributed by atoms with Crippen molar-refractivity contribution in [1.82, 2.24) is 9.97 Å². The van der Waals surface area contributed by atoms with E-state index in [1.165, 1.54) is 41.5 Å². The topological polar surface area (TPSA) is 63.1 Å². The molecule has 0 aliphatic carbocycles. The molecule has 8 rings (SSSR count). The van der Waals surface area contributed by atoms with E-state index in [4.69, 9.17) is 15.1 Å². The Balaban J connectivity index is 0.000000180. The Labute approximate surface area is 313 Å². The third-order valence-electron chi connectivity index (χ3n) is 7.52. The molecular formula is C43H32Ir2N2O2-2. The van der Waals surface area contributed by atoms with Gasteiger partial charge in [0.25, 0.3) is 0 Å². The maximum absolute atomic E-state index is 10.0. The van der Waals surface area contributed by atoms with Crippen LogP contribution in [0.3, 0.4) is 0 Å². The molecule has 0 saturated heterocycles. The summed E-state index contributed by atoms with van der Waals surface area (Å²) in [7, 11) is 0. The van der Waals surface area contributed by atoms with E-state index in [2.05, 4.69) is 97.1 Å². The number of fused-ring (bicyclic) bond motifs is 4. The maximum atomic E-state index is 10.0. The number of aliphatic hydroxyl groups is 1. The molecule has 0 bridgehead atoms. The molecule has 8 aromatic rings. The van der Waals surface area contributed by atoms with Gasteiger partial charge in [-0.25, -0.2) is 0 Å². The van der Waals surface area contributed by atoms with E-state index in [0.717, 1.165) is 44.3 Å². The van der Waals surface area contributed by atoms with Crippen LogP contribution < -0.4 is 0 Å². The van der Waals surface area contributed by atoms with E-state index in [1.807, 2.05) is 60.7 Å². The fraction of sp³-hybridized carbons (Fsp3) is 0.0465. The Kier molecular flexibility index (Phi) is 13.2. The van der Waals surface area contributed by atoms with Crippen LogP contribution in [0.1, 0.15) is 13.8 Å². The number of nitrogens with zero attached hydrogens (tertiary/aromatic N) is 2. The first kappa shape index (κ1) is 37.0. The summed E-state index contributed by atoms with van der Waals surface area (Å²) in [6, 6.07) is 56.3. The largest absolute Gasteiger partial charge is 0.512 e. The van der Waals surface area contributed by atoms with Gasteiger partial charge in [0.15, 0.2) is 5.78 Å². The summed E-state index contributed by atoms with van der Waals surface area (Å²) >= 11 is 0. The molecule has 2 aromatic heterocycles. The quantitative estimate of drug-likeness (QED) is 0.109. The predicted octanol–water partition coefficient (Wildman–Crippen LogP) is 10.7. The van der Waals surface area contributed by atoms with Crippen molar-refractivity contribution >= 4 is 49.1 Å². The molecule has 0 aliphatic heterocycles. The average molecular weight is 993 g/mol. The van der Waals surface area contributed by atoms with E-state index < -0.39 is 0 Å². The third-order valence-corrected chi connectivity index (χ3v) is 7.52. The Bertz CT molecular complexity index is 2070. The van der Waals surface area contributed by atoms with Crippen LogP contribution >= 0.6 is 0 Å². The maximum Gasteiger partial charge on any atom is 0.155 e. The fourth-order valence-electron chi connectivity index (χ4n) is 5.27. The Hall–Kier alpha value is -4.83. The molecule has 0 unspecified atom stereocenters. The fourth-order valence-corrected chi connectivity index (χ4v) is 5.27. The van der Waals surface area contributed by atoms with Crippen molar-refractivity contribution < 1.29 is 50.1 Å². The summed E-state index contributed by atoms with van der Waals surface area (Å²) in [6.45, 7) is 2.85. The molecule has 0 fully saturated rings. The number of hydrogen-bond acceptors (Lipinski definition) is 4. The smallest absolute Gasteiger partial charge is 0.155 e. The standard InChI is InChI=1S/2C19H12N.C5H8O2.2Ir/c2*1-2-7-16-13-17(10-9-14(16)5-1)19-12-11-15-6-3-4-8-18(15)20-19;1-4(6)3-5(2)7;;/h2*1-9,11-13H;3,6H,1-2H3;;/q2*-1;;;. The average Bonchev–Trinajstić information content (AvgIpc) is 3.11. The molecule has 4 nitrogen and oxygen atoms in total. The molecule has 0 atom stereocenters.